The third-order valence-electron chi connectivity index (χ3n) is 2.98. The standard InChI is InChI=1S/C15H9FO4/c16-9-3-1-8(2-4-9)14-13(15(18)19)11-7-10(17)5-6-12(11)20-14/h1-7,17H,(H,18,19)/p-1. The number of fused-ring (bicyclic) bond motifs is 1. The molecule has 0 amide bonds. The topological polar surface area (TPSA) is 73.5 Å². The van der Waals surface area contributed by atoms with Gasteiger partial charge in [-0.1, -0.05) is 12.1 Å². The number of furan rings is 1. The predicted octanol–water partition coefficient (Wildman–Crippen LogP) is 3.01. The zero-order valence-electron chi connectivity index (χ0n) is 10.1. The van der Waals surface area contributed by atoms with Gasteiger partial charge in [0, 0.05) is 10.9 Å². The first-order valence-corrected chi connectivity index (χ1v) is 5.79. The summed E-state index contributed by atoms with van der Waals surface area (Å²) in [6.45, 7) is 0. The molecule has 100 valence electrons. The summed E-state index contributed by atoms with van der Waals surface area (Å²) in [5.74, 6) is -1.82. The highest BCUT2D eigenvalue weighted by atomic mass is 19.1. The second kappa shape index (κ2) is 4.38. The van der Waals surface area contributed by atoms with Gasteiger partial charge in [0.2, 0.25) is 0 Å². The van der Waals surface area contributed by atoms with Gasteiger partial charge in [0.15, 0.2) is 0 Å². The first-order chi connectivity index (χ1) is 9.56. The van der Waals surface area contributed by atoms with Crippen LogP contribution in [0.15, 0.2) is 46.9 Å². The van der Waals surface area contributed by atoms with Gasteiger partial charge in [0.25, 0.3) is 0 Å². The van der Waals surface area contributed by atoms with E-state index in [1.807, 2.05) is 0 Å². The van der Waals surface area contributed by atoms with Crippen molar-refractivity contribution in [1.29, 1.82) is 0 Å². The maximum absolute atomic E-state index is 12.9. The van der Waals surface area contributed by atoms with Crippen LogP contribution in [0.5, 0.6) is 5.75 Å². The third kappa shape index (κ3) is 1.89. The Labute approximate surface area is 112 Å². The van der Waals surface area contributed by atoms with Crippen LogP contribution >= 0.6 is 0 Å². The van der Waals surface area contributed by atoms with Crippen molar-refractivity contribution >= 4 is 16.9 Å². The van der Waals surface area contributed by atoms with Crippen LogP contribution < -0.4 is 5.11 Å². The van der Waals surface area contributed by atoms with Gasteiger partial charge in [0.1, 0.15) is 22.7 Å². The molecule has 2 aromatic carbocycles. The van der Waals surface area contributed by atoms with Gasteiger partial charge < -0.3 is 14.6 Å². The van der Waals surface area contributed by atoms with Crippen LogP contribution in [0, 0.1) is 5.82 Å². The van der Waals surface area contributed by atoms with Crippen LogP contribution in [-0.2, 0) is 0 Å². The number of halogens is 1. The molecule has 5 heteroatoms. The molecule has 3 rings (SSSR count). The molecule has 0 radical (unpaired) electrons. The van der Waals surface area contributed by atoms with Crippen LogP contribution in [0.25, 0.3) is 22.3 Å². The van der Waals surface area contributed by atoms with Crippen molar-refractivity contribution < 1.29 is 23.8 Å². The second-order valence-electron chi connectivity index (χ2n) is 4.28. The average molecular weight is 271 g/mol. The fourth-order valence-corrected chi connectivity index (χ4v) is 2.09. The Morgan fingerprint density at radius 2 is 1.85 bits per heavy atom. The monoisotopic (exact) mass is 271 g/mol. The molecule has 0 fully saturated rings. The number of carboxylic acid groups (broad SMARTS) is 1. The van der Waals surface area contributed by atoms with E-state index < -0.39 is 11.8 Å². The molecule has 0 saturated carbocycles. The highest BCUT2D eigenvalue weighted by molar-refractivity contribution is 6.08. The summed E-state index contributed by atoms with van der Waals surface area (Å²) < 4.78 is 18.4. The van der Waals surface area contributed by atoms with Crippen molar-refractivity contribution in [1.82, 2.24) is 0 Å². The quantitative estimate of drug-likeness (QED) is 0.777. The van der Waals surface area contributed by atoms with Gasteiger partial charge in [-0.15, -0.1) is 5.75 Å². The van der Waals surface area contributed by atoms with Crippen molar-refractivity contribution in [3.63, 3.8) is 0 Å². The Morgan fingerprint density at radius 3 is 2.50 bits per heavy atom. The molecular weight excluding hydrogens is 263 g/mol. The molecule has 0 saturated heterocycles. The summed E-state index contributed by atoms with van der Waals surface area (Å²) in [5.41, 5.74) is 0.651. The molecule has 0 aliphatic carbocycles. The van der Waals surface area contributed by atoms with E-state index in [2.05, 4.69) is 0 Å². The molecule has 1 aromatic heterocycles. The summed E-state index contributed by atoms with van der Waals surface area (Å²) >= 11 is 0. The number of hydrogen-bond acceptors (Lipinski definition) is 3. The van der Waals surface area contributed by atoms with E-state index in [4.69, 9.17) is 4.42 Å². The number of rotatable bonds is 2. The Balaban J connectivity index is 2.32. The number of carbonyl (C=O) groups is 1. The van der Waals surface area contributed by atoms with Crippen LogP contribution in [0.3, 0.4) is 0 Å². The summed E-state index contributed by atoms with van der Waals surface area (Å²) in [6, 6.07) is 9.23. The smallest absolute Gasteiger partial charge is 0.340 e. The van der Waals surface area contributed by atoms with Crippen molar-refractivity contribution in [2.45, 2.75) is 0 Å². The van der Waals surface area contributed by atoms with E-state index in [-0.39, 0.29) is 22.5 Å². The van der Waals surface area contributed by atoms with E-state index in [1.54, 1.807) is 0 Å². The Hall–Kier alpha value is -2.82. The molecule has 1 N–H and O–H groups in total. The van der Waals surface area contributed by atoms with Crippen LogP contribution in [0.4, 0.5) is 4.39 Å². The summed E-state index contributed by atoms with van der Waals surface area (Å²) in [5, 5.41) is 20.9. The lowest BCUT2D eigenvalue weighted by Gasteiger charge is -2.02. The number of aromatic carboxylic acids is 1. The Kier molecular flexibility index (Phi) is 2.68. The van der Waals surface area contributed by atoms with Crippen molar-refractivity contribution in [3.8, 4) is 17.1 Å². The highest BCUT2D eigenvalue weighted by Gasteiger charge is 2.21. The first kappa shape index (κ1) is 12.2. The fraction of sp³-hybridized carbons (Fsp3) is 0. The summed E-state index contributed by atoms with van der Waals surface area (Å²) in [4.78, 5) is 11.4. The minimum Gasteiger partial charge on any atom is -0.872 e. The van der Waals surface area contributed by atoms with E-state index in [1.165, 1.54) is 42.5 Å². The Morgan fingerprint density at radius 1 is 1.15 bits per heavy atom. The number of benzene rings is 2. The minimum atomic E-state index is -1.20. The third-order valence-corrected chi connectivity index (χ3v) is 2.98. The normalized spacial score (nSPS) is 10.8. The molecule has 0 aliphatic rings. The van der Waals surface area contributed by atoms with Gasteiger partial charge in [-0.3, -0.25) is 0 Å². The summed E-state index contributed by atoms with van der Waals surface area (Å²) in [7, 11) is 0. The first-order valence-electron chi connectivity index (χ1n) is 5.79. The predicted molar refractivity (Wildman–Crippen MR) is 68.0 cm³/mol. The van der Waals surface area contributed by atoms with Crippen LogP contribution in [-0.4, -0.2) is 11.1 Å². The van der Waals surface area contributed by atoms with E-state index >= 15 is 0 Å². The van der Waals surface area contributed by atoms with Crippen LogP contribution in [0.2, 0.25) is 0 Å². The van der Waals surface area contributed by atoms with E-state index in [9.17, 15) is 19.4 Å². The SMILES string of the molecule is O=C(O)c1c(-c2ccc(F)cc2)oc2ccc([O-])cc12. The van der Waals surface area contributed by atoms with Crippen molar-refractivity contribution in [2.24, 2.45) is 0 Å². The maximum Gasteiger partial charge on any atom is 0.340 e. The van der Waals surface area contributed by atoms with Crippen molar-refractivity contribution in [3.05, 3.63) is 53.8 Å². The second-order valence-corrected chi connectivity index (χ2v) is 4.28. The lowest BCUT2D eigenvalue weighted by atomic mass is 10.1. The number of hydrogen-bond donors (Lipinski definition) is 1. The largest absolute Gasteiger partial charge is 0.872 e. The van der Waals surface area contributed by atoms with E-state index in [0.717, 1.165) is 0 Å². The zero-order chi connectivity index (χ0) is 14.3. The molecule has 0 atom stereocenters. The number of carboxylic acids is 1. The Bertz CT molecular complexity index is 803. The molecular formula is C15H8FO4-. The molecule has 0 aliphatic heterocycles. The van der Waals surface area contributed by atoms with E-state index in [0.29, 0.717) is 11.1 Å². The van der Waals surface area contributed by atoms with Gasteiger partial charge in [-0.05, 0) is 30.3 Å². The van der Waals surface area contributed by atoms with Gasteiger partial charge in [0.05, 0.1) is 0 Å². The molecule has 0 bridgehead atoms. The van der Waals surface area contributed by atoms with Crippen molar-refractivity contribution in [2.75, 3.05) is 0 Å². The lowest BCUT2D eigenvalue weighted by molar-refractivity contribution is -0.268. The average Bonchev–Trinajstić information content (AvgIpc) is 2.78. The van der Waals surface area contributed by atoms with Gasteiger partial charge in [-0.25, -0.2) is 9.18 Å². The fourth-order valence-electron chi connectivity index (χ4n) is 2.09. The van der Waals surface area contributed by atoms with Gasteiger partial charge in [-0.2, -0.15) is 0 Å². The molecule has 20 heavy (non-hydrogen) atoms. The van der Waals surface area contributed by atoms with Gasteiger partial charge >= 0.3 is 5.97 Å². The molecule has 0 spiro atoms. The van der Waals surface area contributed by atoms with Crippen LogP contribution in [0.1, 0.15) is 10.4 Å². The molecule has 0 unspecified atom stereocenters. The zero-order valence-corrected chi connectivity index (χ0v) is 10.1. The minimum absolute atomic E-state index is 0.0932. The lowest BCUT2D eigenvalue weighted by Crippen LogP contribution is -1.97. The molecule has 3 aromatic rings. The summed E-state index contributed by atoms with van der Waals surface area (Å²) in [6.07, 6.45) is 0. The molecule has 1 heterocycles. The highest BCUT2D eigenvalue weighted by Crippen LogP contribution is 2.34. The maximum atomic E-state index is 12.9. The molecule has 4 nitrogen and oxygen atoms in total.